The van der Waals surface area contributed by atoms with E-state index >= 15 is 0 Å². The standard InChI is InChI=1S/C31H40N8O5/c32-22(17-20-18-36-23-11-5-4-10-21(20)23)27(40)37-24(12-6-14-35-31(33)34)29(42)39-15-7-13-26(39)28(41)38-25(30(43)44)16-19-8-2-1-3-9-19/h1-5,8-11,18,22,24-26,36H,6-7,12-17,32H2,(H,37,40)(H,38,41)(H,43,44)(H4,33,34,35). The number of fused-ring (bicyclic) bond motifs is 1. The van der Waals surface area contributed by atoms with E-state index in [1.54, 1.807) is 24.3 Å². The maximum Gasteiger partial charge on any atom is 0.326 e. The van der Waals surface area contributed by atoms with Crippen molar-refractivity contribution >= 4 is 40.6 Å². The lowest BCUT2D eigenvalue weighted by molar-refractivity contribution is -0.145. The third kappa shape index (κ3) is 8.34. The lowest BCUT2D eigenvalue weighted by Crippen LogP contribution is -2.57. The van der Waals surface area contributed by atoms with Crippen molar-refractivity contribution < 1.29 is 24.3 Å². The highest BCUT2D eigenvalue weighted by atomic mass is 16.4. The van der Waals surface area contributed by atoms with Crippen molar-refractivity contribution in [1.29, 1.82) is 0 Å². The number of nitrogens with one attached hydrogen (secondary N) is 3. The molecule has 0 spiro atoms. The second kappa shape index (κ2) is 15.0. The van der Waals surface area contributed by atoms with Crippen molar-refractivity contribution in [2.45, 2.75) is 62.7 Å². The van der Waals surface area contributed by atoms with E-state index in [4.69, 9.17) is 17.2 Å². The number of aliphatic imine (C=N–C) groups is 1. The zero-order valence-corrected chi connectivity index (χ0v) is 24.4. The third-order valence-corrected chi connectivity index (χ3v) is 7.75. The SMILES string of the molecule is NC(N)=NCCCC(NC(=O)C(N)Cc1c[nH]c2ccccc12)C(=O)N1CCCC1C(=O)NC(Cc1ccccc1)C(=O)O. The van der Waals surface area contributed by atoms with Crippen molar-refractivity contribution in [3.63, 3.8) is 0 Å². The van der Waals surface area contributed by atoms with Gasteiger partial charge in [-0.1, -0.05) is 48.5 Å². The monoisotopic (exact) mass is 604 g/mol. The number of carbonyl (C=O) groups is 4. The van der Waals surface area contributed by atoms with Crippen LogP contribution < -0.4 is 27.8 Å². The molecule has 13 heteroatoms. The summed E-state index contributed by atoms with van der Waals surface area (Å²) in [5.41, 5.74) is 19.7. The first-order valence-corrected chi connectivity index (χ1v) is 14.7. The van der Waals surface area contributed by atoms with Crippen LogP contribution in [0.25, 0.3) is 10.9 Å². The Bertz CT molecular complexity index is 1490. The van der Waals surface area contributed by atoms with E-state index in [0.29, 0.717) is 19.3 Å². The van der Waals surface area contributed by atoms with Crippen LogP contribution >= 0.6 is 0 Å². The number of nitrogens with two attached hydrogens (primary N) is 3. The van der Waals surface area contributed by atoms with Gasteiger partial charge in [0.15, 0.2) is 5.96 Å². The Balaban J connectivity index is 1.45. The summed E-state index contributed by atoms with van der Waals surface area (Å²) in [7, 11) is 0. The topological polar surface area (TPSA) is 222 Å². The highest BCUT2D eigenvalue weighted by molar-refractivity contribution is 5.95. The van der Waals surface area contributed by atoms with Crippen molar-refractivity contribution in [2.24, 2.45) is 22.2 Å². The van der Waals surface area contributed by atoms with Crippen LogP contribution in [-0.4, -0.2) is 81.9 Å². The fourth-order valence-corrected chi connectivity index (χ4v) is 5.49. The molecular formula is C31H40N8O5. The summed E-state index contributed by atoms with van der Waals surface area (Å²) in [4.78, 5) is 60.9. The Morgan fingerprint density at radius 1 is 1.00 bits per heavy atom. The van der Waals surface area contributed by atoms with E-state index in [-0.39, 0.29) is 38.3 Å². The first-order chi connectivity index (χ1) is 21.1. The summed E-state index contributed by atoms with van der Waals surface area (Å²) in [6.45, 7) is 0.530. The molecule has 3 aromatic rings. The number of nitrogens with zero attached hydrogens (tertiary/aromatic N) is 2. The van der Waals surface area contributed by atoms with E-state index in [2.05, 4.69) is 20.6 Å². The number of carboxylic acid groups (broad SMARTS) is 1. The summed E-state index contributed by atoms with van der Waals surface area (Å²) >= 11 is 0. The van der Waals surface area contributed by atoms with Crippen molar-refractivity contribution in [2.75, 3.05) is 13.1 Å². The van der Waals surface area contributed by atoms with Crippen LogP contribution in [0.15, 0.2) is 65.8 Å². The first-order valence-electron chi connectivity index (χ1n) is 14.7. The Morgan fingerprint density at radius 2 is 1.73 bits per heavy atom. The summed E-state index contributed by atoms with van der Waals surface area (Å²) in [5, 5.41) is 16.1. The van der Waals surface area contributed by atoms with Crippen LogP contribution in [0, 0.1) is 0 Å². The number of aromatic nitrogens is 1. The summed E-state index contributed by atoms with van der Waals surface area (Å²) < 4.78 is 0. The molecule has 44 heavy (non-hydrogen) atoms. The van der Waals surface area contributed by atoms with E-state index in [9.17, 15) is 24.3 Å². The smallest absolute Gasteiger partial charge is 0.326 e. The number of benzene rings is 2. The maximum atomic E-state index is 13.8. The zero-order valence-electron chi connectivity index (χ0n) is 24.4. The molecule has 4 atom stereocenters. The van der Waals surface area contributed by atoms with Gasteiger partial charge in [0.2, 0.25) is 17.7 Å². The maximum absolute atomic E-state index is 13.8. The van der Waals surface area contributed by atoms with Gasteiger partial charge in [0.25, 0.3) is 0 Å². The molecule has 1 aromatic heterocycles. The van der Waals surface area contributed by atoms with E-state index in [1.807, 2.05) is 36.5 Å². The quantitative estimate of drug-likeness (QED) is 0.0772. The number of hydrogen-bond acceptors (Lipinski definition) is 6. The second-order valence-electron chi connectivity index (χ2n) is 11.0. The van der Waals surface area contributed by atoms with Gasteiger partial charge in [0, 0.05) is 36.6 Å². The fraction of sp³-hybridized carbons (Fsp3) is 0.387. The molecule has 1 aliphatic heterocycles. The molecule has 2 aromatic carbocycles. The number of carbonyl (C=O) groups excluding carboxylic acids is 3. The van der Waals surface area contributed by atoms with E-state index < -0.39 is 47.9 Å². The molecule has 1 aliphatic rings. The van der Waals surface area contributed by atoms with Crippen LogP contribution in [0.2, 0.25) is 0 Å². The van der Waals surface area contributed by atoms with Gasteiger partial charge < -0.3 is 42.8 Å². The van der Waals surface area contributed by atoms with Crippen LogP contribution in [-0.2, 0) is 32.0 Å². The number of hydrogen-bond donors (Lipinski definition) is 7. The molecule has 234 valence electrons. The van der Waals surface area contributed by atoms with Gasteiger partial charge in [0.1, 0.15) is 18.1 Å². The summed E-state index contributed by atoms with van der Waals surface area (Å²) in [5.74, 6) is -2.77. The predicted octanol–water partition coefficient (Wildman–Crippen LogP) is 0.379. The van der Waals surface area contributed by atoms with E-state index in [1.165, 1.54) is 4.90 Å². The fourth-order valence-electron chi connectivity index (χ4n) is 5.49. The van der Waals surface area contributed by atoms with Gasteiger partial charge in [-0.2, -0.15) is 0 Å². The van der Waals surface area contributed by atoms with Gasteiger partial charge in [-0.3, -0.25) is 19.4 Å². The van der Waals surface area contributed by atoms with Gasteiger partial charge in [-0.25, -0.2) is 4.79 Å². The van der Waals surface area contributed by atoms with Gasteiger partial charge >= 0.3 is 5.97 Å². The van der Waals surface area contributed by atoms with Crippen molar-refractivity contribution in [3.05, 3.63) is 71.9 Å². The predicted molar refractivity (Wildman–Crippen MR) is 166 cm³/mol. The molecule has 13 nitrogen and oxygen atoms in total. The van der Waals surface area contributed by atoms with Gasteiger partial charge in [-0.15, -0.1) is 0 Å². The number of carboxylic acids is 1. The highest BCUT2D eigenvalue weighted by Crippen LogP contribution is 2.21. The normalized spacial score (nSPS) is 16.6. The molecule has 0 radical (unpaired) electrons. The number of aromatic amines is 1. The zero-order chi connectivity index (χ0) is 31.6. The molecule has 0 saturated carbocycles. The highest BCUT2D eigenvalue weighted by Gasteiger charge is 2.39. The Labute approximate surface area is 255 Å². The lowest BCUT2D eigenvalue weighted by Gasteiger charge is -2.30. The largest absolute Gasteiger partial charge is 0.480 e. The van der Waals surface area contributed by atoms with Crippen LogP contribution in [0.4, 0.5) is 0 Å². The van der Waals surface area contributed by atoms with Crippen molar-refractivity contribution in [1.82, 2.24) is 20.5 Å². The molecule has 0 aliphatic carbocycles. The van der Waals surface area contributed by atoms with Crippen molar-refractivity contribution in [3.8, 4) is 0 Å². The minimum atomic E-state index is -1.17. The average molecular weight is 605 g/mol. The molecule has 1 fully saturated rings. The number of likely N-dealkylation sites (tertiary alicyclic amines) is 1. The Morgan fingerprint density at radius 3 is 2.45 bits per heavy atom. The molecule has 1 saturated heterocycles. The lowest BCUT2D eigenvalue weighted by atomic mass is 10.0. The van der Waals surface area contributed by atoms with Crippen LogP contribution in [0.5, 0.6) is 0 Å². The molecule has 2 heterocycles. The average Bonchev–Trinajstić information content (AvgIpc) is 3.66. The molecule has 4 rings (SSSR count). The van der Waals surface area contributed by atoms with Crippen LogP contribution in [0.3, 0.4) is 0 Å². The summed E-state index contributed by atoms with van der Waals surface area (Å²) in [6.07, 6.45) is 3.66. The molecular weight excluding hydrogens is 564 g/mol. The Kier molecular flexibility index (Phi) is 10.9. The second-order valence-corrected chi connectivity index (χ2v) is 11.0. The molecule has 10 N–H and O–H groups in total. The minimum Gasteiger partial charge on any atom is -0.480 e. The number of amides is 3. The number of H-pyrrole nitrogens is 1. The number of rotatable bonds is 14. The molecule has 4 unspecified atom stereocenters. The van der Waals surface area contributed by atoms with Gasteiger partial charge in [0.05, 0.1) is 6.04 Å². The molecule has 3 amide bonds. The third-order valence-electron chi connectivity index (χ3n) is 7.75. The van der Waals surface area contributed by atoms with Gasteiger partial charge in [-0.05, 0) is 49.3 Å². The first kappa shape index (κ1) is 32.0. The van der Waals surface area contributed by atoms with Crippen LogP contribution in [0.1, 0.15) is 36.8 Å². The number of para-hydroxylation sites is 1. The Hall–Kier alpha value is -4.91. The minimum absolute atomic E-state index is 0.0857. The van der Waals surface area contributed by atoms with E-state index in [0.717, 1.165) is 22.0 Å². The number of aliphatic carboxylic acids is 1. The summed E-state index contributed by atoms with van der Waals surface area (Å²) in [6, 6.07) is 12.7. The molecule has 0 bridgehead atoms. The number of guanidine groups is 1.